The molecule has 1 aromatic rings. The Morgan fingerprint density at radius 3 is 2.45 bits per heavy atom. The van der Waals surface area contributed by atoms with E-state index in [0.717, 1.165) is 0 Å². The van der Waals surface area contributed by atoms with Gasteiger partial charge in [0.05, 0.1) is 26.1 Å². The molecule has 2 rings (SSSR count). The van der Waals surface area contributed by atoms with Crippen molar-refractivity contribution in [1.82, 2.24) is 4.90 Å². The summed E-state index contributed by atoms with van der Waals surface area (Å²) < 4.78 is 10.3. The summed E-state index contributed by atoms with van der Waals surface area (Å²) in [7, 11) is 1.40. The molecule has 120 valence electrons. The van der Waals surface area contributed by atoms with E-state index in [1.54, 1.807) is 29.2 Å². The number of benzene rings is 1. The van der Waals surface area contributed by atoms with E-state index < -0.39 is 0 Å². The predicted octanol–water partition coefficient (Wildman–Crippen LogP) is 2.52. The van der Waals surface area contributed by atoms with E-state index >= 15 is 0 Å². The predicted molar refractivity (Wildman–Crippen MR) is 82.9 cm³/mol. The van der Waals surface area contributed by atoms with Gasteiger partial charge in [-0.1, -0.05) is 11.6 Å². The van der Waals surface area contributed by atoms with E-state index in [9.17, 15) is 9.59 Å². The van der Waals surface area contributed by atoms with Crippen molar-refractivity contribution >= 4 is 23.5 Å². The molecule has 1 fully saturated rings. The van der Waals surface area contributed by atoms with Gasteiger partial charge in [-0.15, -0.1) is 0 Å². The zero-order valence-corrected chi connectivity index (χ0v) is 13.3. The van der Waals surface area contributed by atoms with E-state index in [2.05, 4.69) is 0 Å². The Morgan fingerprint density at radius 2 is 1.86 bits per heavy atom. The molecule has 1 amide bonds. The molecular weight excluding hydrogens is 306 g/mol. The normalized spacial score (nSPS) is 15.5. The lowest BCUT2D eigenvalue weighted by Gasteiger charge is -2.30. The zero-order chi connectivity index (χ0) is 15.9. The minimum absolute atomic E-state index is 0.0530. The molecule has 0 spiro atoms. The number of esters is 1. The molecule has 1 heterocycles. The van der Waals surface area contributed by atoms with Crippen LogP contribution in [-0.2, 0) is 14.3 Å². The van der Waals surface area contributed by atoms with Crippen molar-refractivity contribution in [3.63, 3.8) is 0 Å². The van der Waals surface area contributed by atoms with Crippen LogP contribution >= 0.6 is 11.6 Å². The topological polar surface area (TPSA) is 55.8 Å². The summed E-state index contributed by atoms with van der Waals surface area (Å²) in [6, 6.07) is 7.04. The minimum atomic E-state index is -0.182. The van der Waals surface area contributed by atoms with Crippen LogP contribution in [0.4, 0.5) is 0 Å². The number of hydrogen-bond acceptors (Lipinski definition) is 4. The number of hydrogen-bond donors (Lipinski definition) is 0. The number of rotatable bonds is 5. The first-order valence-electron chi connectivity index (χ1n) is 7.34. The second kappa shape index (κ2) is 8.03. The quantitative estimate of drug-likeness (QED) is 0.781. The number of ether oxygens (including phenoxy) is 2. The minimum Gasteiger partial charge on any atom is -0.493 e. The van der Waals surface area contributed by atoms with Crippen molar-refractivity contribution < 1.29 is 19.1 Å². The largest absolute Gasteiger partial charge is 0.493 e. The number of likely N-dealkylation sites (tertiary alicyclic amines) is 1. The highest BCUT2D eigenvalue weighted by molar-refractivity contribution is 6.30. The van der Waals surface area contributed by atoms with Crippen molar-refractivity contribution in [2.75, 3.05) is 26.8 Å². The molecule has 0 aromatic heterocycles. The van der Waals surface area contributed by atoms with Crippen molar-refractivity contribution in [1.29, 1.82) is 0 Å². The summed E-state index contributed by atoms with van der Waals surface area (Å²) in [5, 5.41) is 0.650. The highest BCUT2D eigenvalue weighted by Crippen LogP contribution is 2.19. The summed E-state index contributed by atoms with van der Waals surface area (Å²) in [6.07, 6.45) is 1.65. The third-order valence-electron chi connectivity index (χ3n) is 3.78. The van der Waals surface area contributed by atoms with Crippen molar-refractivity contribution in [2.24, 2.45) is 5.92 Å². The number of nitrogens with zero attached hydrogens (tertiary/aromatic N) is 1. The van der Waals surface area contributed by atoms with Gasteiger partial charge < -0.3 is 14.4 Å². The Morgan fingerprint density at radius 1 is 1.23 bits per heavy atom. The Kier molecular flexibility index (Phi) is 6.07. The fourth-order valence-electron chi connectivity index (χ4n) is 2.48. The Hall–Kier alpha value is -1.75. The molecule has 0 unspecified atom stereocenters. The molecule has 0 radical (unpaired) electrons. The van der Waals surface area contributed by atoms with Crippen LogP contribution in [0.3, 0.4) is 0 Å². The Balaban J connectivity index is 1.70. The van der Waals surface area contributed by atoms with E-state index in [1.807, 2.05) is 0 Å². The second-order valence-electron chi connectivity index (χ2n) is 5.23. The van der Waals surface area contributed by atoms with Crippen molar-refractivity contribution in [3.05, 3.63) is 29.3 Å². The molecular formula is C16H20ClNO4. The van der Waals surface area contributed by atoms with Gasteiger partial charge in [0.15, 0.2) is 0 Å². The van der Waals surface area contributed by atoms with Gasteiger partial charge in [0, 0.05) is 18.1 Å². The maximum atomic E-state index is 12.1. The van der Waals surface area contributed by atoms with Gasteiger partial charge in [0.1, 0.15) is 5.75 Å². The third-order valence-corrected chi connectivity index (χ3v) is 4.03. The first kappa shape index (κ1) is 16.6. The fraction of sp³-hybridized carbons (Fsp3) is 0.500. The summed E-state index contributed by atoms with van der Waals surface area (Å²) in [6.45, 7) is 1.52. The lowest BCUT2D eigenvalue weighted by molar-refractivity contribution is -0.149. The molecule has 0 aliphatic carbocycles. The molecule has 22 heavy (non-hydrogen) atoms. The van der Waals surface area contributed by atoms with Crippen LogP contribution in [0.15, 0.2) is 24.3 Å². The van der Waals surface area contributed by atoms with E-state index in [1.165, 1.54) is 7.11 Å². The third kappa shape index (κ3) is 4.63. The van der Waals surface area contributed by atoms with Gasteiger partial charge in [0.2, 0.25) is 5.91 Å². The number of carbonyl (C=O) groups is 2. The zero-order valence-electron chi connectivity index (χ0n) is 12.6. The number of methoxy groups -OCH3 is 1. The Labute approximate surface area is 135 Å². The first-order chi connectivity index (χ1) is 10.6. The van der Waals surface area contributed by atoms with Gasteiger partial charge in [-0.25, -0.2) is 0 Å². The molecule has 0 saturated carbocycles. The van der Waals surface area contributed by atoms with Gasteiger partial charge in [-0.3, -0.25) is 9.59 Å². The van der Waals surface area contributed by atoms with Crippen molar-refractivity contribution in [2.45, 2.75) is 19.3 Å². The molecule has 1 saturated heterocycles. The van der Waals surface area contributed by atoms with Crippen LogP contribution in [0.2, 0.25) is 5.02 Å². The van der Waals surface area contributed by atoms with Gasteiger partial charge in [-0.05, 0) is 37.1 Å². The molecule has 5 nitrogen and oxygen atoms in total. The SMILES string of the molecule is COC(=O)C1CCN(C(=O)CCOc2ccc(Cl)cc2)CC1. The molecule has 1 aliphatic heterocycles. The van der Waals surface area contributed by atoms with Crippen LogP contribution in [0.5, 0.6) is 5.75 Å². The Bertz CT molecular complexity index is 509. The van der Waals surface area contributed by atoms with Crippen LogP contribution in [0, 0.1) is 5.92 Å². The lowest BCUT2D eigenvalue weighted by Crippen LogP contribution is -2.40. The summed E-state index contributed by atoms with van der Waals surface area (Å²) in [5.41, 5.74) is 0. The molecule has 0 N–H and O–H groups in total. The van der Waals surface area contributed by atoms with Gasteiger partial charge >= 0.3 is 5.97 Å². The summed E-state index contributed by atoms with van der Waals surface area (Å²) >= 11 is 5.79. The number of carbonyl (C=O) groups excluding carboxylic acids is 2. The summed E-state index contributed by atoms with van der Waals surface area (Å²) in [5.74, 6) is 0.483. The fourth-order valence-corrected chi connectivity index (χ4v) is 2.60. The summed E-state index contributed by atoms with van der Waals surface area (Å²) in [4.78, 5) is 25.3. The van der Waals surface area contributed by atoms with Gasteiger partial charge in [-0.2, -0.15) is 0 Å². The molecule has 6 heteroatoms. The highest BCUT2D eigenvalue weighted by Gasteiger charge is 2.27. The average Bonchev–Trinajstić information content (AvgIpc) is 2.56. The first-order valence-corrected chi connectivity index (χ1v) is 7.72. The standard InChI is InChI=1S/C16H20ClNO4/c1-21-16(20)12-6-9-18(10-7-12)15(19)8-11-22-14-4-2-13(17)3-5-14/h2-5,12H,6-11H2,1H3. The van der Waals surface area contributed by atoms with Crippen LogP contribution in [0.25, 0.3) is 0 Å². The van der Waals surface area contributed by atoms with E-state index in [4.69, 9.17) is 21.1 Å². The molecule has 1 aliphatic rings. The van der Waals surface area contributed by atoms with E-state index in [0.29, 0.717) is 49.7 Å². The number of piperidine rings is 1. The maximum absolute atomic E-state index is 12.1. The molecule has 0 bridgehead atoms. The van der Waals surface area contributed by atoms with Crippen LogP contribution in [0.1, 0.15) is 19.3 Å². The van der Waals surface area contributed by atoms with Crippen LogP contribution < -0.4 is 4.74 Å². The second-order valence-corrected chi connectivity index (χ2v) is 5.67. The number of halogens is 1. The van der Waals surface area contributed by atoms with Gasteiger partial charge in [0.25, 0.3) is 0 Å². The average molecular weight is 326 g/mol. The molecule has 0 atom stereocenters. The van der Waals surface area contributed by atoms with E-state index in [-0.39, 0.29) is 17.8 Å². The molecule has 1 aromatic carbocycles. The number of amides is 1. The smallest absolute Gasteiger partial charge is 0.308 e. The lowest BCUT2D eigenvalue weighted by atomic mass is 9.97. The maximum Gasteiger partial charge on any atom is 0.308 e. The van der Waals surface area contributed by atoms with Crippen molar-refractivity contribution in [3.8, 4) is 5.75 Å². The van der Waals surface area contributed by atoms with Crippen LogP contribution in [-0.4, -0.2) is 43.6 Å². The monoisotopic (exact) mass is 325 g/mol. The highest BCUT2D eigenvalue weighted by atomic mass is 35.5.